The fourth-order valence-corrected chi connectivity index (χ4v) is 2.29. The molecule has 6 heteroatoms. The van der Waals surface area contributed by atoms with Crippen LogP contribution in [0.15, 0.2) is 28.7 Å². The summed E-state index contributed by atoms with van der Waals surface area (Å²) in [7, 11) is 0. The lowest BCUT2D eigenvalue weighted by molar-refractivity contribution is -0.136. The van der Waals surface area contributed by atoms with Gasteiger partial charge in [0.1, 0.15) is 0 Å². The largest absolute Gasteiger partial charge is 0.417 e. The van der Waals surface area contributed by atoms with Crippen molar-refractivity contribution in [2.75, 3.05) is 0 Å². The molecule has 2 aromatic rings. The van der Waals surface area contributed by atoms with E-state index in [0.717, 1.165) is 6.07 Å². The summed E-state index contributed by atoms with van der Waals surface area (Å²) < 4.78 is 38.6. The molecule has 1 aromatic heterocycles. The lowest BCUT2D eigenvalue weighted by atomic mass is 10.1. The molecule has 1 aromatic carbocycles. The number of aliphatic hydroxyl groups is 1. The Morgan fingerprint density at radius 1 is 1.29 bits per heavy atom. The molecule has 0 aliphatic rings. The number of rotatable bonds is 1. The first-order chi connectivity index (χ1) is 7.93. The summed E-state index contributed by atoms with van der Waals surface area (Å²) in [6, 6.07) is 5.17. The normalized spacial score (nSPS) is 12.1. The number of hydrogen-bond acceptors (Lipinski definition) is 2. The average molecular weight is 306 g/mol. The Balaban J connectivity index is 2.81. The second-order valence-corrected chi connectivity index (χ2v) is 4.31. The van der Waals surface area contributed by atoms with E-state index in [0.29, 0.717) is 5.69 Å². The fourth-order valence-electron chi connectivity index (χ4n) is 1.61. The first-order valence-electron chi connectivity index (χ1n) is 4.69. The molecule has 0 spiro atoms. The Morgan fingerprint density at radius 2 is 2.00 bits per heavy atom. The molecule has 0 unspecified atom stereocenters. The quantitative estimate of drug-likeness (QED) is 0.874. The third-order valence-electron chi connectivity index (χ3n) is 2.31. The van der Waals surface area contributed by atoms with Gasteiger partial charge in [-0.25, -0.2) is 0 Å². The van der Waals surface area contributed by atoms with Crippen LogP contribution in [0.3, 0.4) is 0 Å². The minimum Gasteiger partial charge on any atom is -0.390 e. The van der Waals surface area contributed by atoms with E-state index in [-0.39, 0.29) is 22.0 Å². The van der Waals surface area contributed by atoms with Crippen LogP contribution in [0.25, 0.3) is 10.9 Å². The monoisotopic (exact) mass is 305 g/mol. The van der Waals surface area contributed by atoms with Gasteiger partial charge in [-0.3, -0.25) is 4.98 Å². The predicted molar refractivity (Wildman–Crippen MR) is 60.4 cm³/mol. The Labute approximate surface area is 103 Å². The van der Waals surface area contributed by atoms with E-state index in [9.17, 15) is 13.2 Å². The number of halogens is 4. The summed E-state index contributed by atoms with van der Waals surface area (Å²) in [5.74, 6) is 0. The molecule has 0 aliphatic heterocycles. The van der Waals surface area contributed by atoms with E-state index in [4.69, 9.17) is 5.11 Å². The molecule has 90 valence electrons. The van der Waals surface area contributed by atoms with Crippen molar-refractivity contribution >= 4 is 26.8 Å². The molecule has 0 atom stereocenters. The van der Waals surface area contributed by atoms with Gasteiger partial charge in [0.25, 0.3) is 0 Å². The van der Waals surface area contributed by atoms with Gasteiger partial charge in [0.15, 0.2) is 0 Å². The van der Waals surface area contributed by atoms with E-state index < -0.39 is 11.7 Å². The summed E-state index contributed by atoms with van der Waals surface area (Å²) in [6.07, 6.45) is -4.43. The summed E-state index contributed by atoms with van der Waals surface area (Å²) in [5.41, 5.74) is -0.208. The molecule has 1 N–H and O–H groups in total. The van der Waals surface area contributed by atoms with Gasteiger partial charge < -0.3 is 5.11 Å². The minimum atomic E-state index is -4.43. The number of hydrogen-bond donors (Lipinski definition) is 1. The van der Waals surface area contributed by atoms with Gasteiger partial charge in [-0.05, 0) is 18.2 Å². The Kier molecular flexibility index (Phi) is 3.09. The van der Waals surface area contributed by atoms with Crippen molar-refractivity contribution in [2.24, 2.45) is 0 Å². The van der Waals surface area contributed by atoms with Crippen molar-refractivity contribution in [2.45, 2.75) is 12.8 Å². The van der Waals surface area contributed by atoms with Gasteiger partial charge in [0, 0.05) is 9.86 Å². The second-order valence-electron chi connectivity index (χ2n) is 3.45. The van der Waals surface area contributed by atoms with E-state index in [2.05, 4.69) is 20.9 Å². The van der Waals surface area contributed by atoms with Gasteiger partial charge >= 0.3 is 6.18 Å². The highest BCUT2D eigenvalue weighted by molar-refractivity contribution is 9.10. The highest BCUT2D eigenvalue weighted by atomic mass is 79.9. The van der Waals surface area contributed by atoms with E-state index >= 15 is 0 Å². The fraction of sp³-hybridized carbons (Fsp3) is 0.182. The highest BCUT2D eigenvalue weighted by Crippen LogP contribution is 2.37. The van der Waals surface area contributed by atoms with Gasteiger partial charge in [-0.15, -0.1) is 0 Å². The van der Waals surface area contributed by atoms with Crippen LogP contribution < -0.4 is 0 Å². The second kappa shape index (κ2) is 4.27. The van der Waals surface area contributed by atoms with Crippen molar-refractivity contribution in [3.8, 4) is 0 Å². The van der Waals surface area contributed by atoms with Crippen molar-refractivity contribution in [3.63, 3.8) is 0 Å². The summed E-state index contributed by atoms with van der Waals surface area (Å²) in [5, 5.41) is 8.96. The minimum absolute atomic E-state index is 0.0113. The van der Waals surface area contributed by atoms with Crippen molar-refractivity contribution < 1.29 is 18.3 Å². The SMILES string of the molecule is OCc1cc(Br)c2c(C(F)(F)F)cccc2n1. The molecular weight excluding hydrogens is 299 g/mol. The van der Waals surface area contributed by atoms with Crippen LogP contribution in [0.5, 0.6) is 0 Å². The molecule has 0 amide bonds. The third-order valence-corrected chi connectivity index (χ3v) is 2.93. The maximum absolute atomic E-state index is 12.8. The maximum atomic E-state index is 12.8. The molecular formula is C11H7BrF3NO. The molecule has 2 rings (SSSR count). The number of fused-ring (bicyclic) bond motifs is 1. The van der Waals surface area contributed by atoms with Gasteiger partial charge in [0.2, 0.25) is 0 Å². The summed E-state index contributed by atoms with van der Waals surface area (Å²) in [4.78, 5) is 3.95. The highest BCUT2D eigenvalue weighted by Gasteiger charge is 2.33. The number of aliphatic hydroxyl groups excluding tert-OH is 1. The number of nitrogens with zero attached hydrogens (tertiary/aromatic N) is 1. The van der Waals surface area contributed by atoms with E-state index in [1.165, 1.54) is 18.2 Å². The zero-order valence-corrected chi connectivity index (χ0v) is 10.0. The topological polar surface area (TPSA) is 33.1 Å². The maximum Gasteiger partial charge on any atom is 0.417 e. The zero-order chi connectivity index (χ0) is 12.6. The van der Waals surface area contributed by atoms with Crippen molar-refractivity contribution in [3.05, 3.63) is 40.0 Å². The molecule has 0 bridgehead atoms. The van der Waals surface area contributed by atoms with Crippen LogP contribution in [0.4, 0.5) is 13.2 Å². The van der Waals surface area contributed by atoms with Gasteiger partial charge in [-0.1, -0.05) is 22.0 Å². The zero-order valence-electron chi connectivity index (χ0n) is 8.42. The Hall–Kier alpha value is -1.14. The first kappa shape index (κ1) is 12.3. The third kappa shape index (κ3) is 2.28. The Morgan fingerprint density at radius 3 is 2.59 bits per heavy atom. The van der Waals surface area contributed by atoms with Gasteiger partial charge in [0.05, 0.1) is 23.4 Å². The molecule has 0 fully saturated rings. The van der Waals surface area contributed by atoms with Crippen molar-refractivity contribution in [1.29, 1.82) is 0 Å². The molecule has 2 nitrogen and oxygen atoms in total. The molecule has 0 saturated heterocycles. The van der Waals surface area contributed by atoms with Crippen LogP contribution in [-0.2, 0) is 12.8 Å². The average Bonchev–Trinajstić information content (AvgIpc) is 2.26. The smallest absolute Gasteiger partial charge is 0.390 e. The molecule has 1 heterocycles. The lowest BCUT2D eigenvalue weighted by Gasteiger charge is -2.12. The van der Waals surface area contributed by atoms with Gasteiger partial charge in [-0.2, -0.15) is 13.2 Å². The lowest BCUT2D eigenvalue weighted by Crippen LogP contribution is -2.06. The molecule has 0 radical (unpaired) electrons. The summed E-state index contributed by atoms with van der Waals surface area (Å²) >= 11 is 3.08. The predicted octanol–water partition coefficient (Wildman–Crippen LogP) is 3.51. The standard InChI is InChI=1S/C11H7BrF3NO/c12-8-4-6(5-17)16-9-3-1-2-7(10(8)9)11(13,14)15/h1-4,17H,5H2. The Bertz CT molecular complexity index is 568. The number of pyridine rings is 1. The van der Waals surface area contributed by atoms with E-state index in [1.54, 1.807) is 0 Å². The molecule has 0 aliphatic carbocycles. The molecule has 0 saturated carbocycles. The summed E-state index contributed by atoms with van der Waals surface area (Å²) in [6.45, 7) is -0.315. The first-order valence-corrected chi connectivity index (χ1v) is 5.49. The number of alkyl halides is 3. The van der Waals surface area contributed by atoms with Crippen LogP contribution >= 0.6 is 15.9 Å². The number of aromatic nitrogens is 1. The number of benzene rings is 1. The van der Waals surface area contributed by atoms with Crippen LogP contribution in [0.1, 0.15) is 11.3 Å². The van der Waals surface area contributed by atoms with E-state index in [1.807, 2.05) is 0 Å². The van der Waals surface area contributed by atoms with Crippen molar-refractivity contribution in [1.82, 2.24) is 4.98 Å². The van der Waals surface area contributed by atoms with Crippen LogP contribution in [0, 0.1) is 0 Å². The van der Waals surface area contributed by atoms with Crippen LogP contribution in [-0.4, -0.2) is 10.1 Å². The van der Waals surface area contributed by atoms with Crippen LogP contribution in [0.2, 0.25) is 0 Å². The molecule has 17 heavy (non-hydrogen) atoms.